The van der Waals surface area contributed by atoms with Crippen LogP contribution in [-0.4, -0.2) is 28.7 Å². The third kappa shape index (κ3) is 3.74. The molecule has 20 heavy (non-hydrogen) atoms. The van der Waals surface area contributed by atoms with E-state index >= 15 is 0 Å². The van der Waals surface area contributed by atoms with Gasteiger partial charge in [-0.05, 0) is 30.2 Å². The summed E-state index contributed by atoms with van der Waals surface area (Å²) in [7, 11) is 0. The molecule has 1 aromatic carbocycles. The second-order valence-electron chi connectivity index (χ2n) is 5.05. The molecule has 0 saturated heterocycles. The average molecular weight is 295 g/mol. The number of nitrogens with zero attached hydrogens (tertiary/aromatic N) is 1. The number of halogens is 1. The van der Waals surface area contributed by atoms with Crippen LogP contribution in [0.1, 0.15) is 13.3 Å². The van der Waals surface area contributed by atoms with E-state index < -0.39 is 0 Å². The van der Waals surface area contributed by atoms with Gasteiger partial charge in [0.15, 0.2) is 0 Å². The van der Waals surface area contributed by atoms with Crippen molar-refractivity contribution in [3.05, 3.63) is 35.5 Å². The van der Waals surface area contributed by atoms with Crippen LogP contribution in [0.4, 0.5) is 0 Å². The molecule has 0 aliphatic carbocycles. The van der Waals surface area contributed by atoms with Crippen molar-refractivity contribution in [1.29, 1.82) is 0 Å². The number of aryl methyl sites for hydroxylation is 1. The van der Waals surface area contributed by atoms with Crippen LogP contribution in [0, 0.1) is 5.92 Å². The topological polar surface area (TPSA) is 54.3 Å². The number of nitrogens with one attached hydrogen (secondary N) is 1. The van der Waals surface area contributed by atoms with E-state index in [1.807, 2.05) is 42.0 Å². The predicted octanol–water partition coefficient (Wildman–Crippen LogP) is 2.43. The largest absolute Gasteiger partial charge is 0.396 e. The lowest BCUT2D eigenvalue weighted by molar-refractivity contribution is -0.121. The van der Waals surface area contributed by atoms with E-state index in [1.165, 1.54) is 0 Å². The Bertz CT molecular complexity index is 595. The second kappa shape index (κ2) is 6.77. The molecule has 1 aromatic heterocycles. The van der Waals surface area contributed by atoms with Gasteiger partial charge in [0.05, 0.1) is 0 Å². The number of aliphatic hydroxyl groups excluding tert-OH is 1. The summed E-state index contributed by atoms with van der Waals surface area (Å²) in [6.07, 6.45) is 2.38. The van der Waals surface area contributed by atoms with Gasteiger partial charge in [0.1, 0.15) is 0 Å². The van der Waals surface area contributed by atoms with Gasteiger partial charge in [-0.3, -0.25) is 4.79 Å². The van der Waals surface area contributed by atoms with Gasteiger partial charge in [0.25, 0.3) is 0 Å². The second-order valence-corrected chi connectivity index (χ2v) is 5.49. The maximum atomic E-state index is 11.7. The Morgan fingerprint density at radius 3 is 3.00 bits per heavy atom. The van der Waals surface area contributed by atoms with Crippen molar-refractivity contribution in [2.24, 2.45) is 5.92 Å². The van der Waals surface area contributed by atoms with Gasteiger partial charge in [-0.1, -0.05) is 18.5 Å². The van der Waals surface area contributed by atoms with E-state index in [2.05, 4.69) is 5.32 Å². The van der Waals surface area contributed by atoms with Crippen molar-refractivity contribution in [3.8, 4) is 0 Å². The van der Waals surface area contributed by atoms with Crippen LogP contribution in [-0.2, 0) is 11.3 Å². The Morgan fingerprint density at radius 2 is 2.25 bits per heavy atom. The number of carbonyl (C=O) groups is 1. The molecule has 0 saturated carbocycles. The summed E-state index contributed by atoms with van der Waals surface area (Å²) < 4.78 is 2.04. The maximum Gasteiger partial charge on any atom is 0.221 e. The van der Waals surface area contributed by atoms with E-state index in [1.54, 1.807) is 0 Å². The number of rotatable bonds is 6. The molecule has 2 rings (SSSR count). The number of hydrogen-bond acceptors (Lipinski definition) is 2. The number of carbonyl (C=O) groups excluding carboxylic acids is 1. The van der Waals surface area contributed by atoms with Gasteiger partial charge in [-0.2, -0.15) is 0 Å². The lowest BCUT2D eigenvalue weighted by atomic mass is 10.2. The van der Waals surface area contributed by atoms with Crippen molar-refractivity contribution in [1.82, 2.24) is 9.88 Å². The molecule has 2 N–H and O–H groups in total. The minimum atomic E-state index is 0.00103. The highest BCUT2D eigenvalue weighted by molar-refractivity contribution is 6.31. The van der Waals surface area contributed by atoms with Gasteiger partial charge in [-0.25, -0.2) is 0 Å². The number of fused-ring (bicyclic) bond motifs is 1. The van der Waals surface area contributed by atoms with E-state index in [0.29, 0.717) is 24.5 Å². The Morgan fingerprint density at radius 1 is 1.45 bits per heavy atom. The Kier molecular flexibility index (Phi) is 5.04. The SMILES string of the molecule is CC(CO)CNC(=O)CCn1ccc2cc(Cl)ccc21. The fourth-order valence-corrected chi connectivity index (χ4v) is 2.21. The highest BCUT2D eigenvalue weighted by Crippen LogP contribution is 2.20. The molecule has 0 radical (unpaired) electrons. The zero-order chi connectivity index (χ0) is 14.5. The molecule has 0 spiro atoms. The fraction of sp³-hybridized carbons (Fsp3) is 0.400. The maximum absolute atomic E-state index is 11.7. The first kappa shape index (κ1) is 14.9. The minimum Gasteiger partial charge on any atom is -0.396 e. The highest BCUT2D eigenvalue weighted by Gasteiger charge is 2.06. The quantitative estimate of drug-likeness (QED) is 0.860. The first-order chi connectivity index (χ1) is 9.60. The van der Waals surface area contributed by atoms with Gasteiger partial charge >= 0.3 is 0 Å². The lowest BCUT2D eigenvalue weighted by Gasteiger charge is -2.10. The zero-order valence-corrected chi connectivity index (χ0v) is 12.2. The molecule has 0 bridgehead atoms. The van der Waals surface area contributed by atoms with Crippen molar-refractivity contribution in [2.75, 3.05) is 13.2 Å². The molecule has 1 heterocycles. The predicted molar refractivity (Wildman–Crippen MR) is 80.8 cm³/mol. The molecule has 4 nitrogen and oxygen atoms in total. The molecule has 5 heteroatoms. The molecule has 1 amide bonds. The van der Waals surface area contributed by atoms with E-state index in [-0.39, 0.29) is 18.4 Å². The smallest absolute Gasteiger partial charge is 0.221 e. The molecule has 0 aliphatic heterocycles. The van der Waals surface area contributed by atoms with Crippen molar-refractivity contribution in [2.45, 2.75) is 19.9 Å². The third-order valence-corrected chi connectivity index (χ3v) is 3.51. The van der Waals surface area contributed by atoms with Gasteiger partial charge in [-0.15, -0.1) is 0 Å². The van der Waals surface area contributed by atoms with E-state index in [9.17, 15) is 4.79 Å². The Balaban J connectivity index is 1.91. The summed E-state index contributed by atoms with van der Waals surface area (Å²) in [4.78, 5) is 11.7. The van der Waals surface area contributed by atoms with Crippen molar-refractivity contribution < 1.29 is 9.90 Å². The normalized spacial score (nSPS) is 12.6. The van der Waals surface area contributed by atoms with Crippen LogP contribution in [0.3, 0.4) is 0 Å². The molecule has 0 fully saturated rings. The molecular weight excluding hydrogens is 276 g/mol. The van der Waals surface area contributed by atoms with Crippen LogP contribution >= 0.6 is 11.6 Å². The van der Waals surface area contributed by atoms with Crippen LogP contribution < -0.4 is 5.32 Å². The third-order valence-electron chi connectivity index (χ3n) is 3.27. The first-order valence-corrected chi connectivity index (χ1v) is 7.10. The van der Waals surface area contributed by atoms with Gasteiger partial charge in [0, 0.05) is 48.2 Å². The summed E-state index contributed by atoms with van der Waals surface area (Å²) in [6.45, 7) is 3.12. The monoisotopic (exact) mass is 294 g/mol. The number of aromatic nitrogens is 1. The van der Waals surface area contributed by atoms with E-state index in [0.717, 1.165) is 10.9 Å². The van der Waals surface area contributed by atoms with Crippen LogP contribution in [0.15, 0.2) is 30.5 Å². The van der Waals surface area contributed by atoms with Crippen molar-refractivity contribution in [3.63, 3.8) is 0 Å². The van der Waals surface area contributed by atoms with Gasteiger partial charge < -0.3 is 15.0 Å². The number of aliphatic hydroxyl groups is 1. The molecule has 1 unspecified atom stereocenters. The first-order valence-electron chi connectivity index (χ1n) is 6.72. The summed E-state index contributed by atoms with van der Waals surface area (Å²) in [5, 5.41) is 13.5. The minimum absolute atomic E-state index is 0.00103. The van der Waals surface area contributed by atoms with E-state index in [4.69, 9.17) is 16.7 Å². The summed E-state index contributed by atoms with van der Waals surface area (Å²) in [6, 6.07) is 7.72. The van der Waals surface area contributed by atoms with Crippen molar-refractivity contribution >= 4 is 28.4 Å². The van der Waals surface area contributed by atoms with Crippen LogP contribution in [0.25, 0.3) is 10.9 Å². The molecule has 0 aliphatic rings. The highest BCUT2D eigenvalue weighted by atomic mass is 35.5. The average Bonchev–Trinajstić information content (AvgIpc) is 2.84. The number of hydrogen-bond donors (Lipinski definition) is 2. The standard InChI is InChI=1S/C15H19ClN2O2/c1-11(10-19)9-17-15(20)5-7-18-6-4-12-8-13(16)2-3-14(12)18/h2-4,6,8,11,19H,5,7,9-10H2,1H3,(H,17,20). The molecule has 108 valence electrons. The summed E-state index contributed by atoms with van der Waals surface area (Å²) in [5.74, 6) is 0.0922. The zero-order valence-electron chi connectivity index (χ0n) is 11.5. The molecule has 2 aromatic rings. The number of amides is 1. The Labute approximate surface area is 123 Å². The Hall–Kier alpha value is -1.52. The number of benzene rings is 1. The summed E-state index contributed by atoms with van der Waals surface area (Å²) in [5.41, 5.74) is 1.07. The van der Waals surface area contributed by atoms with Crippen LogP contribution in [0.2, 0.25) is 5.02 Å². The molecule has 1 atom stereocenters. The van der Waals surface area contributed by atoms with Gasteiger partial charge in [0.2, 0.25) is 5.91 Å². The molecular formula is C15H19ClN2O2. The summed E-state index contributed by atoms with van der Waals surface area (Å²) >= 11 is 5.95. The fourth-order valence-electron chi connectivity index (χ4n) is 2.03. The van der Waals surface area contributed by atoms with Crippen LogP contribution in [0.5, 0.6) is 0 Å². The lowest BCUT2D eigenvalue weighted by Crippen LogP contribution is -2.30.